The lowest BCUT2D eigenvalue weighted by Crippen LogP contribution is -2.45. The van der Waals surface area contributed by atoms with Crippen LogP contribution in [0.25, 0.3) is 0 Å². The van der Waals surface area contributed by atoms with E-state index in [9.17, 15) is 9.59 Å². The number of thiazole rings is 1. The predicted molar refractivity (Wildman–Crippen MR) is 129 cm³/mol. The summed E-state index contributed by atoms with van der Waals surface area (Å²) in [6.07, 6.45) is 3.99. The number of aromatic nitrogens is 1. The van der Waals surface area contributed by atoms with Crippen molar-refractivity contribution in [2.75, 3.05) is 7.11 Å². The molecule has 0 aliphatic carbocycles. The monoisotopic (exact) mass is 480 g/mol. The van der Waals surface area contributed by atoms with Gasteiger partial charge in [-0.05, 0) is 48.1 Å². The maximum atomic E-state index is 12.7. The van der Waals surface area contributed by atoms with Gasteiger partial charge in [0.15, 0.2) is 0 Å². The third kappa shape index (κ3) is 5.39. The third-order valence-electron chi connectivity index (χ3n) is 6.02. The summed E-state index contributed by atoms with van der Waals surface area (Å²) >= 11 is 1.12. The Balaban J connectivity index is 1.40. The van der Waals surface area contributed by atoms with E-state index in [1.165, 1.54) is 18.9 Å². The summed E-state index contributed by atoms with van der Waals surface area (Å²) in [5, 5.41) is 3.10. The van der Waals surface area contributed by atoms with Crippen molar-refractivity contribution in [3.63, 3.8) is 0 Å². The molecule has 0 saturated heterocycles. The zero-order valence-electron chi connectivity index (χ0n) is 19.4. The van der Waals surface area contributed by atoms with Crippen LogP contribution in [-0.2, 0) is 16.0 Å². The first-order valence-electron chi connectivity index (χ1n) is 11.4. The predicted octanol–water partition coefficient (Wildman–Crippen LogP) is 5.32. The fourth-order valence-electron chi connectivity index (χ4n) is 3.85. The molecule has 0 spiro atoms. The number of aryl methyl sites for hydroxylation is 1. The molecule has 3 atom stereocenters. The van der Waals surface area contributed by atoms with Crippen LogP contribution in [0.1, 0.15) is 53.6 Å². The number of esters is 1. The van der Waals surface area contributed by atoms with Gasteiger partial charge >= 0.3 is 5.97 Å². The number of nitrogens with one attached hydrogen (secondary N) is 1. The number of carbonyl (C=O) groups is 2. The lowest BCUT2D eigenvalue weighted by atomic mass is 9.97. The van der Waals surface area contributed by atoms with Gasteiger partial charge in [0.2, 0.25) is 0 Å². The van der Waals surface area contributed by atoms with Crippen LogP contribution in [0.4, 0.5) is 0 Å². The van der Waals surface area contributed by atoms with Crippen molar-refractivity contribution in [1.82, 2.24) is 10.3 Å². The average molecular weight is 481 g/mol. The van der Waals surface area contributed by atoms with Crippen LogP contribution in [0, 0.1) is 5.92 Å². The Morgan fingerprint density at radius 1 is 1.24 bits per heavy atom. The molecule has 7 nitrogen and oxygen atoms in total. The number of methoxy groups -OCH3 is 1. The third-order valence-corrected chi connectivity index (χ3v) is 6.89. The van der Waals surface area contributed by atoms with E-state index in [-0.39, 0.29) is 17.9 Å². The molecule has 178 valence electrons. The fourth-order valence-corrected chi connectivity index (χ4v) is 4.54. The standard InChI is InChI=1S/C26H28N2O5S/c1-4-16(2)23(25(30)31-3)28-24(29)22-15-27-26(34-22)32-19-11-13-21-18(14-19)10-12-20(33-21)17-8-6-5-7-9-17/h5-9,11,13-16,20,23H,4,10,12H2,1-3H3,(H,28,29)/t16?,20-,23?/m0/s1. The molecule has 4 rings (SSSR count). The number of carbonyl (C=O) groups excluding carboxylic acids is 2. The first-order chi connectivity index (χ1) is 16.5. The van der Waals surface area contributed by atoms with Gasteiger partial charge in [-0.2, -0.15) is 0 Å². The zero-order valence-corrected chi connectivity index (χ0v) is 20.3. The quantitative estimate of drug-likeness (QED) is 0.439. The summed E-state index contributed by atoms with van der Waals surface area (Å²) in [6.45, 7) is 3.85. The van der Waals surface area contributed by atoms with Gasteiger partial charge in [-0.15, -0.1) is 0 Å². The second-order valence-corrected chi connectivity index (χ2v) is 9.27. The van der Waals surface area contributed by atoms with Gasteiger partial charge in [0.05, 0.1) is 13.3 Å². The summed E-state index contributed by atoms with van der Waals surface area (Å²) in [5.74, 6) is 0.585. The maximum absolute atomic E-state index is 12.7. The van der Waals surface area contributed by atoms with Crippen LogP contribution >= 0.6 is 11.3 Å². The summed E-state index contributed by atoms with van der Waals surface area (Å²) in [6, 6.07) is 15.2. The Morgan fingerprint density at radius 2 is 2.03 bits per heavy atom. The van der Waals surface area contributed by atoms with Gasteiger partial charge in [0, 0.05) is 0 Å². The molecule has 34 heavy (non-hydrogen) atoms. The highest BCUT2D eigenvalue weighted by atomic mass is 32.1. The van der Waals surface area contributed by atoms with Gasteiger partial charge in [0.25, 0.3) is 11.1 Å². The van der Waals surface area contributed by atoms with E-state index in [1.54, 1.807) is 0 Å². The number of hydrogen-bond donors (Lipinski definition) is 1. The minimum atomic E-state index is -0.714. The molecule has 1 N–H and O–H groups in total. The molecule has 2 unspecified atom stereocenters. The minimum absolute atomic E-state index is 0.0461. The van der Waals surface area contributed by atoms with Gasteiger partial charge in [-0.25, -0.2) is 9.78 Å². The van der Waals surface area contributed by atoms with E-state index in [0.717, 1.165) is 41.9 Å². The molecule has 8 heteroatoms. The van der Waals surface area contributed by atoms with Crippen molar-refractivity contribution in [3.05, 3.63) is 70.7 Å². The molecule has 1 aromatic heterocycles. The van der Waals surface area contributed by atoms with Crippen LogP contribution in [0.15, 0.2) is 54.7 Å². The number of amides is 1. The van der Waals surface area contributed by atoms with Crippen molar-refractivity contribution in [2.45, 2.75) is 45.3 Å². The van der Waals surface area contributed by atoms with Gasteiger partial charge in [-0.3, -0.25) is 4.79 Å². The zero-order chi connectivity index (χ0) is 24.1. The molecule has 2 heterocycles. The normalized spacial score (nSPS) is 16.5. The second-order valence-electron chi connectivity index (χ2n) is 8.28. The van der Waals surface area contributed by atoms with E-state index < -0.39 is 12.0 Å². The number of ether oxygens (including phenoxy) is 3. The number of rotatable bonds is 8. The van der Waals surface area contributed by atoms with Gasteiger partial charge in [0.1, 0.15) is 28.5 Å². The van der Waals surface area contributed by atoms with Crippen molar-refractivity contribution in [3.8, 4) is 16.7 Å². The first kappa shape index (κ1) is 23.8. The van der Waals surface area contributed by atoms with Crippen LogP contribution in [0.2, 0.25) is 0 Å². The van der Waals surface area contributed by atoms with Gasteiger partial charge in [-0.1, -0.05) is 61.9 Å². The molecule has 0 bridgehead atoms. The van der Waals surface area contributed by atoms with Gasteiger partial charge < -0.3 is 19.5 Å². The lowest BCUT2D eigenvalue weighted by molar-refractivity contribution is -0.144. The maximum Gasteiger partial charge on any atom is 0.328 e. The second kappa shape index (κ2) is 10.7. The first-order valence-corrected chi connectivity index (χ1v) is 12.2. The van der Waals surface area contributed by atoms with E-state index in [2.05, 4.69) is 22.4 Å². The van der Waals surface area contributed by atoms with E-state index >= 15 is 0 Å². The molecule has 0 saturated carbocycles. The molecule has 0 radical (unpaired) electrons. The molecular formula is C26H28N2O5S. The largest absolute Gasteiger partial charge is 0.485 e. The topological polar surface area (TPSA) is 86.8 Å². The Bertz CT molecular complexity index is 1150. The molecule has 1 aliphatic heterocycles. The summed E-state index contributed by atoms with van der Waals surface area (Å²) in [7, 11) is 1.31. The average Bonchev–Trinajstić information content (AvgIpc) is 3.35. The highest BCUT2D eigenvalue weighted by Gasteiger charge is 2.28. The minimum Gasteiger partial charge on any atom is -0.485 e. The van der Waals surface area contributed by atoms with Crippen molar-refractivity contribution in [1.29, 1.82) is 0 Å². The smallest absolute Gasteiger partial charge is 0.328 e. The van der Waals surface area contributed by atoms with Crippen LogP contribution in [0.5, 0.6) is 16.7 Å². The Labute approximate surface area is 203 Å². The van der Waals surface area contributed by atoms with Crippen molar-refractivity contribution in [2.24, 2.45) is 5.92 Å². The Hall–Kier alpha value is -3.39. The van der Waals surface area contributed by atoms with Crippen molar-refractivity contribution < 1.29 is 23.8 Å². The SMILES string of the molecule is CCC(C)C(NC(=O)c1cnc(Oc2ccc3c(c2)CC[C@@H](c2ccccc2)O3)s1)C(=O)OC. The van der Waals surface area contributed by atoms with Crippen molar-refractivity contribution >= 4 is 23.2 Å². The molecule has 0 fully saturated rings. The molecule has 1 amide bonds. The van der Waals surface area contributed by atoms with E-state index in [1.807, 2.05) is 50.2 Å². The summed E-state index contributed by atoms with van der Waals surface area (Å²) in [4.78, 5) is 29.3. The van der Waals surface area contributed by atoms with Crippen LogP contribution in [0.3, 0.4) is 0 Å². The lowest BCUT2D eigenvalue weighted by Gasteiger charge is -2.26. The fraction of sp³-hybridized carbons (Fsp3) is 0.346. The summed E-state index contributed by atoms with van der Waals surface area (Å²) < 4.78 is 16.9. The number of fused-ring (bicyclic) bond motifs is 1. The highest BCUT2D eigenvalue weighted by Crippen LogP contribution is 2.38. The van der Waals surface area contributed by atoms with Crippen LogP contribution in [-0.4, -0.2) is 30.0 Å². The number of benzene rings is 2. The highest BCUT2D eigenvalue weighted by molar-refractivity contribution is 7.15. The number of nitrogens with zero attached hydrogens (tertiary/aromatic N) is 1. The van der Waals surface area contributed by atoms with Crippen LogP contribution < -0.4 is 14.8 Å². The Kier molecular flexibility index (Phi) is 7.47. The molecule has 3 aromatic rings. The molecule has 2 aromatic carbocycles. The number of hydrogen-bond acceptors (Lipinski definition) is 7. The van der Waals surface area contributed by atoms with E-state index in [4.69, 9.17) is 14.2 Å². The molecule has 1 aliphatic rings. The summed E-state index contributed by atoms with van der Waals surface area (Å²) in [5.41, 5.74) is 2.25. The Morgan fingerprint density at radius 3 is 2.76 bits per heavy atom. The van der Waals surface area contributed by atoms with E-state index in [0.29, 0.717) is 15.8 Å². The molecular weight excluding hydrogens is 452 g/mol.